The molecule has 0 aliphatic carbocycles. The molecule has 100 valence electrons. The van der Waals surface area contributed by atoms with Crippen LogP contribution in [-0.4, -0.2) is 22.8 Å². The minimum atomic E-state index is 0.0105. The predicted octanol–water partition coefficient (Wildman–Crippen LogP) is 2.51. The lowest BCUT2D eigenvalue weighted by molar-refractivity contribution is 0.192. The first-order chi connectivity index (χ1) is 9.08. The fraction of sp³-hybridized carbons (Fsp3) is 0.429. The molecule has 0 bridgehead atoms. The Labute approximate surface area is 119 Å². The molecule has 1 fully saturated rings. The summed E-state index contributed by atoms with van der Waals surface area (Å²) >= 11 is 3.51. The summed E-state index contributed by atoms with van der Waals surface area (Å²) in [7, 11) is 1.79. The van der Waals surface area contributed by atoms with Crippen molar-refractivity contribution in [3.05, 3.63) is 38.3 Å². The van der Waals surface area contributed by atoms with E-state index >= 15 is 0 Å². The molecule has 4 nitrogen and oxygen atoms in total. The third kappa shape index (κ3) is 2.11. The minimum absolute atomic E-state index is 0.0105. The van der Waals surface area contributed by atoms with Crippen LogP contribution in [0.5, 0.6) is 0 Å². The molecule has 2 heterocycles. The van der Waals surface area contributed by atoms with E-state index in [1.54, 1.807) is 11.6 Å². The summed E-state index contributed by atoms with van der Waals surface area (Å²) in [6.07, 6.45) is 0.926. The van der Waals surface area contributed by atoms with E-state index < -0.39 is 0 Å². The standard InChI is InChI=1S/C14H15BrN2O2/c1-8-5-10-12(11(15)6-8)16-13(17(2)14(10)18)9-3-4-19-7-9/h5-6,9H,3-4,7H2,1-2H3. The fourth-order valence-electron chi connectivity index (χ4n) is 2.59. The average Bonchev–Trinajstić information content (AvgIpc) is 2.88. The zero-order valence-electron chi connectivity index (χ0n) is 10.9. The molecule has 1 unspecified atom stereocenters. The lowest BCUT2D eigenvalue weighted by Gasteiger charge is -2.14. The molecule has 0 saturated carbocycles. The molecular weight excluding hydrogens is 308 g/mol. The molecule has 1 aliphatic heterocycles. The van der Waals surface area contributed by atoms with Crippen LogP contribution in [0.3, 0.4) is 0 Å². The zero-order chi connectivity index (χ0) is 13.6. The predicted molar refractivity (Wildman–Crippen MR) is 77.6 cm³/mol. The zero-order valence-corrected chi connectivity index (χ0v) is 12.5. The number of hydrogen-bond acceptors (Lipinski definition) is 3. The second-order valence-electron chi connectivity index (χ2n) is 5.04. The van der Waals surface area contributed by atoms with Gasteiger partial charge in [0.15, 0.2) is 0 Å². The molecule has 1 saturated heterocycles. The Balaban J connectivity index is 2.31. The van der Waals surface area contributed by atoms with Gasteiger partial charge in [-0.25, -0.2) is 4.98 Å². The number of ether oxygens (including phenoxy) is 1. The minimum Gasteiger partial charge on any atom is -0.381 e. The largest absolute Gasteiger partial charge is 0.381 e. The number of hydrogen-bond donors (Lipinski definition) is 0. The van der Waals surface area contributed by atoms with Gasteiger partial charge in [-0.2, -0.15) is 0 Å². The van der Waals surface area contributed by atoms with Crippen molar-refractivity contribution >= 4 is 26.8 Å². The van der Waals surface area contributed by atoms with E-state index in [1.807, 2.05) is 19.1 Å². The molecule has 3 rings (SSSR count). The van der Waals surface area contributed by atoms with Gasteiger partial charge in [0.25, 0.3) is 5.56 Å². The van der Waals surface area contributed by atoms with Crippen LogP contribution >= 0.6 is 15.9 Å². The van der Waals surface area contributed by atoms with E-state index in [9.17, 15) is 4.79 Å². The van der Waals surface area contributed by atoms with Crippen LogP contribution < -0.4 is 5.56 Å². The van der Waals surface area contributed by atoms with Crippen molar-refractivity contribution in [3.8, 4) is 0 Å². The van der Waals surface area contributed by atoms with E-state index in [0.29, 0.717) is 12.0 Å². The molecule has 1 atom stereocenters. The topological polar surface area (TPSA) is 44.1 Å². The van der Waals surface area contributed by atoms with Gasteiger partial charge >= 0.3 is 0 Å². The highest BCUT2D eigenvalue weighted by Crippen LogP contribution is 2.27. The maximum absolute atomic E-state index is 12.5. The molecule has 1 aromatic carbocycles. The van der Waals surface area contributed by atoms with Gasteiger partial charge in [0.1, 0.15) is 5.82 Å². The van der Waals surface area contributed by atoms with Gasteiger partial charge in [-0.3, -0.25) is 9.36 Å². The summed E-state index contributed by atoms with van der Waals surface area (Å²) in [5.74, 6) is 1.04. The summed E-state index contributed by atoms with van der Waals surface area (Å²) in [4.78, 5) is 17.2. The number of rotatable bonds is 1. The van der Waals surface area contributed by atoms with Gasteiger partial charge in [0, 0.05) is 24.0 Å². The summed E-state index contributed by atoms with van der Waals surface area (Å²) in [5.41, 5.74) is 1.81. The molecule has 1 aliphatic rings. The lowest BCUT2D eigenvalue weighted by atomic mass is 10.1. The van der Waals surface area contributed by atoms with Crippen molar-refractivity contribution in [1.82, 2.24) is 9.55 Å². The molecule has 1 aromatic heterocycles. The quantitative estimate of drug-likeness (QED) is 0.810. The van der Waals surface area contributed by atoms with Crippen LogP contribution in [0, 0.1) is 6.92 Å². The van der Waals surface area contributed by atoms with Crippen molar-refractivity contribution < 1.29 is 4.74 Å². The summed E-state index contributed by atoms with van der Waals surface area (Å²) in [6, 6.07) is 3.88. The Kier molecular flexibility index (Phi) is 3.19. The fourth-order valence-corrected chi connectivity index (χ4v) is 3.25. The van der Waals surface area contributed by atoms with Gasteiger partial charge in [-0.15, -0.1) is 0 Å². The molecular formula is C14H15BrN2O2. The van der Waals surface area contributed by atoms with Gasteiger partial charge in [-0.05, 0) is 47.0 Å². The Bertz CT molecular complexity index is 703. The highest BCUT2D eigenvalue weighted by atomic mass is 79.9. The molecule has 0 amide bonds. The average molecular weight is 323 g/mol. The number of nitrogens with zero attached hydrogens (tertiary/aromatic N) is 2. The van der Waals surface area contributed by atoms with Gasteiger partial charge in [0.2, 0.25) is 0 Å². The van der Waals surface area contributed by atoms with Crippen LogP contribution in [0.4, 0.5) is 0 Å². The highest BCUT2D eigenvalue weighted by Gasteiger charge is 2.23. The third-order valence-corrected chi connectivity index (χ3v) is 4.21. The molecule has 19 heavy (non-hydrogen) atoms. The van der Waals surface area contributed by atoms with Crippen molar-refractivity contribution in [3.63, 3.8) is 0 Å². The van der Waals surface area contributed by atoms with Crippen molar-refractivity contribution in [2.45, 2.75) is 19.3 Å². The smallest absolute Gasteiger partial charge is 0.261 e. The maximum atomic E-state index is 12.5. The summed E-state index contributed by atoms with van der Waals surface area (Å²) in [5, 5.41) is 0.664. The number of aryl methyl sites for hydroxylation is 1. The molecule has 0 radical (unpaired) electrons. The normalized spacial score (nSPS) is 19.2. The SMILES string of the molecule is Cc1cc(Br)c2nc(C3CCOC3)n(C)c(=O)c2c1. The Morgan fingerprint density at radius 2 is 2.26 bits per heavy atom. The van der Waals surface area contributed by atoms with Gasteiger partial charge in [0.05, 0.1) is 17.5 Å². The second kappa shape index (κ2) is 4.72. The highest BCUT2D eigenvalue weighted by molar-refractivity contribution is 9.10. The number of aromatic nitrogens is 2. The second-order valence-corrected chi connectivity index (χ2v) is 5.89. The molecule has 2 aromatic rings. The Hall–Kier alpha value is -1.20. The number of benzene rings is 1. The van der Waals surface area contributed by atoms with Crippen LogP contribution in [0.15, 0.2) is 21.4 Å². The van der Waals surface area contributed by atoms with Gasteiger partial charge < -0.3 is 4.74 Å². The van der Waals surface area contributed by atoms with E-state index in [0.717, 1.165) is 34.4 Å². The van der Waals surface area contributed by atoms with E-state index in [2.05, 4.69) is 15.9 Å². The molecule has 0 spiro atoms. The van der Waals surface area contributed by atoms with Crippen LogP contribution in [0.2, 0.25) is 0 Å². The first kappa shape index (κ1) is 12.8. The first-order valence-electron chi connectivity index (χ1n) is 6.32. The van der Waals surface area contributed by atoms with Crippen LogP contribution in [-0.2, 0) is 11.8 Å². The Morgan fingerprint density at radius 3 is 2.95 bits per heavy atom. The third-order valence-electron chi connectivity index (χ3n) is 3.61. The van der Waals surface area contributed by atoms with Crippen LogP contribution in [0.25, 0.3) is 10.9 Å². The summed E-state index contributed by atoms with van der Waals surface area (Å²) in [6.45, 7) is 3.37. The van der Waals surface area contributed by atoms with Crippen LogP contribution in [0.1, 0.15) is 23.7 Å². The molecule has 5 heteroatoms. The monoisotopic (exact) mass is 322 g/mol. The maximum Gasteiger partial charge on any atom is 0.261 e. The summed E-state index contributed by atoms with van der Waals surface area (Å²) < 4.78 is 7.94. The van der Waals surface area contributed by atoms with Crippen molar-refractivity contribution in [2.75, 3.05) is 13.2 Å². The Morgan fingerprint density at radius 1 is 1.47 bits per heavy atom. The first-order valence-corrected chi connectivity index (χ1v) is 7.11. The van der Waals surface area contributed by atoms with E-state index in [4.69, 9.17) is 9.72 Å². The van der Waals surface area contributed by atoms with Crippen molar-refractivity contribution in [2.24, 2.45) is 7.05 Å². The number of fused-ring (bicyclic) bond motifs is 1. The van der Waals surface area contributed by atoms with E-state index in [1.165, 1.54) is 0 Å². The molecule has 0 N–H and O–H groups in total. The lowest BCUT2D eigenvalue weighted by Crippen LogP contribution is -2.24. The van der Waals surface area contributed by atoms with Gasteiger partial charge in [-0.1, -0.05) is 0 Å². The number of halogens is 1. The van der Waals surface area contributed by atoms with E-state index in [-0.39, 0.29) is 11.5 Å². The van der Waals surface area contributed by atoms with Crippen molar-refractivity contribution in [1.29, 1.82) is 0 Å².